The zero-order valence-corrected chi connectivity index (χ0v) is 16.4. The van der Waals surface area contributed by atoms with E-state index in [2.05, 4.69) is 15.0 Å². The lowest BCUT2D eigenvalue weighted by Crippen LogP contribution is -2.15. The Balaban J connectivity index is 2.07. The Bertz CT molecular complexity index is 1020. The first-order chi connectivity index (χ1) is 13.0. The van der Waals surface area contributed by atoms with E-state index in [1.165, 1.54) is 19.5 Å². The first-order valence-electron chi connectivity index (χ1n) is 8.73. The highest BCUT2D eigenvalue weighted by molar-refractivity contribution is 7.90. The van der Waals surface area contributed by atoms with Gasteiger partial charge in [-0.3, -0.25) is 4.57 Å². The van der Waals surface area contributed by atoms with Gasteiger partial charge in [0.05, 0.1) is 12.8 Å². The predicted molar refractivity (Wildman–Crippen MR) is 102 cm³/mol. The second kappa shape index (κ2) is 7.87. The van der Waals surface area contributed by atoms with Crippen LogP contribution in [0.2, 0.25) is 0 Å². The summed E-state index contributed by atoms with van der Waals surface area (Å²) < 4.78 is 32.8. The Morgan fingerprint density at radius 2 is 1.74 bits per heavy atom. The maximum Gasteiger partial charge on any atom is 0.232 e. The van der Waals surface area contributed by atoms with E-state index in [0.29, 0.717) is 5.88 Å². The van der Waals surface area contributed by atoms with Gasteiger partial charge in [0, 0.05) is 24.7 Å². The van der Waals surface area contributed by atoms with Crippen LogP contribution in [0.1, 0.15) is 30.8 Å². The van der Waals surface area contributed by atoms with Crippen molar-refractivity contribution >= 4 is 9.84 Å². The number of aryl methyl sites for hydroxylation is 2. The van der Waals surface area contributed by atoms with Gasteiger partial charge in [0.1, 0.15) is 11.6 Å². The molecular weight excluding hydrogens is 364 g/mol. The van der Waals surface area contributed by atoms with E-state index in [0.717, 1.165) is 29.7 Å². The average molecular weight is 386 g/mol. The van der Waals surface area contributed by atoms with Gasteiger partial charge < -0.3 is 4.74 Å². The predicted octanol–water partition coefficient (Wildman–Crippen LogP) is 2.77. The molecule has 8 heteroatoms. The lowest BCUT2D eigenvalue weighted by Gasteiger charge is -2.16. The molecule has 2 aromatic heterocycles. The van der Waals surface area contributed by atoms with Crippen molar-refractivity contribution in [2.45, 2.75) is 37.6 Å². The summed E-state index contributed by atoms with van der Waals surface area (Å²) >= 11 is 0. The number of imidazole rings is 1. The molecule has 0 aliphatic heterocycles. The molecule has 2 heterocycles. The van der Waals surface area contributed by atoms with Gasteiger partial charge in [0.25, 0.3) is 0 Å². The van der Waals surface area contributed by atoms with Crippen LogP contribution in [0.4, 0.5) is 0 Å². The van der Waals surface area contributed by atoms with Crippen LogP contribution in [0.15, 0.2) is 48.0 Å². The van der Waals surface area contributed by atoms with E-state index in [9.17, 15) is 8.42 Å². The largest absolute Gasteiger partial charge is 0.481 e. The van der Waals surface area contributed by atoms with E-state index >= 15 is 0 Å². The van der Waals surface area contributed by atoms with E-state index in [1.807, 2.05) is 32.0 Å². The van der Waals surface area contributed by atoms with Crippen molar-refractivity contribution in [3.8, 4) is 11.6 Å². The van der Waals surface area contributed by atoms with Crippen LogP contribution in [0.25, 0.3) is 5.69 Å². The second-order valence-electron chi connectivity index (χ2n) is 5.99. The maximum atomic E-state index is 13.1. The smallest absolute Gasteiger partial charge is 0.232 e. The Hall–Kier alpha value is -2.74. The highest BCUT2D eigenvalue weighted by atomic mass is 32.2. The number of sulfone groups is 1. The van der Waals surface area contributed by atoms with Crippen molar-refractivity contribution in [3.05, 3.63) is 59.8 Å². The molecule has 1 aromatic carbocycles. The standard InChI is InChI=1S/C19H22N4O3S/c1-4-14-7-6-8-15(5-2)18(14)23-12-11-21-19(23)27(24,25)13-16-20-10-9-17(22-16)26-3/h6-12H,4-5,13H2,1-3H3. The van der Waals surface area contributed by atoms with Crippen molar-refractivity contribution in [2.75, 3.05) is 7.11 Å². The maximum absolute atomic E-state index is 13.1. The summed E-state index contributed by atoms with van der Waals surface area (Å²) in [7, 11) is -2.28. The summed E-state index contributed by atoms with van der Waals surface area (Å²) in [5.74, 6) is 0.142. The Kier molecular flexibility index (Phi) is 5.55. The molecule has 0 saturated heterocycles. The minimum atomic E-state index is -3.75. The fraction of sp³-hybridized carbons (Fsp3) is 0.316. The van der Waals surface area contributed by atoms with E-state index < -0.39 is 9.84 Å². The molecule has 0 atom stereocenters. The minimum absolute atomic E-state index is 0.00970. The van der Waals surface area contributed by atoms with Crippen LogP contribution < -0.4 is 4.74 Å². The van der Waals surface area contributed by atoms with Gasteiger partial charge in [-0.2, -0.15) is 4.98 Å². The minimum Gasteiger partial charge on any atom is -0.481 e. The highest BCUT2D eigenvalue weighted by Gasteiger charge is 2.25. The topological polar surface area (TPSA) is 87.0 Å². The van der Waals surface area contributed by atoms with Crippen molar-refractivity contribution in [2.24, 2.45) is 0 Å². The molecule has 0 fully saturated rings. The van der Waals surface area contributed by atoms with Crippen molar-refractivity contribution in [3.63, 3.8) is 0 Å². The van der Waals surface area contributed by atoms with Gasteiger partial charge >= 0.3 is 0 Å². The Morgan fingerprint density at radius 3 is 2.37 bits per heavy atom. The number of para-hydroxylation sites is 1. The molecule has 7 nitrogen and oxygen atoms in total. The monoisotopic (exact) mass is 386 g/mol. The fourth-order valence-electron chi connectivity index (χ4n) is 3.01. The van der Waals surface area contributed by atoms with Gasteiger partial charge in [0.2, 0.25) is 20.9 Å². The van der Waals surface area contributed by atoms with Crippen LogP contribution in [-0.4, -0.2) is 35.0 Å². The van der Waals surface area contributed by atoms with E-state index in [4.69, 9.17) is 4.74 Å². The number of ether oxygens (including phenoxy) is 1. The summed E-state index contributed by atoms with van der Waals surface area (Å²) in [4.78, 5) is 12.3. The third kappa shape index (κ3) is 3.85. The zero-order chi connectivity index (χ0) is 19.4. The molecule has 0 bridgehead atoms. The third-order valence-corrected chi connectivity index (χ3v) is 5.80. The molecule has 3 aromatic rings. The summed E-state index contributed by atoms with van der Waals surface area (Å²) in [6.07, 6.45) is 6.25. The van der Waals surface area contributed by atoms with Gasteiger partial charge in [-0.1, -0.05) is 32.0 Å². The molecule has 0 aliphatic carbocycles. The average Bonchev–Trinajstić information content (AvgIpc) is 3.17. The SMILES string of the molecule is CCc1cccc(CC)c1-n1ccnc1S(=O)(=O)Cc1nccc(OC)n1. The van der Waals surface area contributed by atoms with Crippen molar-refractivity contribution in [1.82, 2.24) is 19.5 Å². The molecule has 0 saturated carbocycles. The summed E-state index contributed by atoms with van der Waals surface area (Å²) in [5, 5.41) is -0.00970. The molecule has 0 spiro atoms. The molecule has 0 unspecified atom stereocenters. The van der Waals surface area contributed by atoms with Gasteiger partial charge in [-0.15, -0.1) is 0 Å². The second-order valence-corrected chi connectivity index (χ2v) is 7.87. The molecule has 0 radical (unpaired) electrons. The van der Waals surface area contributed by atoms with Crippen LogP contribution in [-0.2, 0) is 28.4 Å². The van der Waals surface area contributed by atoms with Crippen LogP contribution in [0.5, 0.6) is 5.88 Å². The lowest BCUT2D eigenvalue weighted by atomic mass is 10.0. The number of methoxy groups -OCH3 is 1. The summed E-state index contributed by atoms with van der Waals surface area (Å²) in [6, 6.07) is 7.59. The number of benzene rings is 1. The van der Waals surface area contributed by atoms with E-state index in [-0.39, 0.29) is 16.7 Å². The fourth-order valence-corrected chi connectivity index (χ4v) is 4.29. The first kappa shape index (κ1) is 19.0. The number of rotatable bonds is 7. The van der Waals surface area contributed by atoms with Gasteiger partial charge in [-0.05, 0) is 24.0 Å². The molecule has 0 N–H and O–H groups in total. The summed E-state index contributed by atoms with van der Waals surface area (Å²) in [5.41, 5.74) is 3.02. The number of aromatic nitrogens is 4. The Morgan fingerprint density at radius 1 is 1.04 bits per heavy atom. The lowest BCUT2D eigenvalue weighted by molar-refractivity contribution is 0.395. The normalized spacial score (nSPS) is 11.5. The quantitative estimate of drug-likeness (QED) is 0.620. The van der Waals surface area contributed by atoms with Gasteiger partial charge in [0.15, 0.2) is 0 Å². The van der Waals surface area contributed by atoms with Crippen molar-refractivity contribution < 1.29 is 13.2 Å². The Labute approximate surface area is 159 Å². The third-order valence-electron chi connectivity index (χ3n) is 4.30. The van der Waals surface area contributed by atoms with E-state index in [1.54, 1.807) is 16.8 Å². The highest BCUT2D eigenvalue weighted by Crippen LogP contribution is 2.25. The summed E-state index contributed by atoms with van der Waals surface area (Å²) in [6.45, 7) is 4.10. The number of nitrogens with zero attached hydrogens (tertiary/aromatic N) is 4. The molecule has 0 amide bonds. The van der Waals surface area contributed by atoms with Crippen LogP contribution >= 0.6 is 0 Å². The molecular formula is C19H22N4O3S. The van der Waals surface area contributed by atoms with Crippen molar-refractivity contribution in [1.29, 1.82) is 0 Å². The molecule has 3 rings (SSSR count). The molecule has 142 valence electrons. The van der Waals surface area contributed by atoms with Crippen LogP contribution in [0.3, 0.4) is 0 Å². The zero-order valence-electron chi connectivity index (χ0n) is 15.6. The molecule has 27 heavy (non-hydrogen) atoms. The van der Waals surface area contributed by atoms with Crippen LogP contribution in [0, 0.1) is 0 Å². The van der Waals surface area contributed by atoms with Gasteiger partial charge in [-0.25, -0.2) is 18.4 Å². The number of hydrogen-bond donors (Lipinski definition) is 0. The first-order valence-corrected chi connectivity index (χ1v) is 10.4. The molecule has 0 aliphatic rings. The number of hydrogen-bond acceptors (Lipinski definition) is 6.